The van der Waals surface area contributed by atoms with Gasteiger partial charge in [-0.05, 0) is 41.8 Å². The summed E-state index contributed by atoms with van der Waals surface area (Å²) in [5, 5.41) is 9.24. The summed E-state index contributed by atoms with van der Waals surface area (Å²) in [7, 11) is -2.51. The molecule has 0 amide bonds. The number of methoxy groups -OCH3 is 1. The van der Waals surface area contributed by atoms with Gasteiger partial charge in [0.15, 0.2) is 9.84 Å². The van der Waals surface area contributed by atoms with Gasteiger partial charge in [0.25, 0.3) is 0 Å². The van der Waals surface area contributed by atoms with Gasteiger partial charge in [0, 0.05) is 18.1 Å². The second kappa shape index (κ2) is 7.26. The molecule has 1 fully saturated rings. The van der Waals surface area contributed by atoms with Gasteiger partial charge >= 0.3 is 5.97 Å². The molecular formula is C20H21ClO5S. The van der Waals surface area contributed by atoms with Crippen molar-refractivity contribution in [3.05, 3.63) is 64.7 Å². The van der Waals surface area contributed by atoms with E-state index in [-0.39, 0.29) is 11.5 Å². The summed E-state index contributed by atoms with van der Waals surface area (Å²) in [5.74, 6) is -1.85. The van der Waals surface area contributed by atoms with Crippen molar-refractivity contribution in [3.8, 4) is 0 Å². The maximum absolute atomic E-state index is 13.2. The van der Waals surface area contributed by atoms with Crippen LogP contribution in [0.25, 0.3) is 0 Å². The zero-order valence-electron chi connectivity index (χ0n) is 15.1. The maximum Gasteiger partial charge on any atom is 0.314 e. The third-order valence-electron chi connectivity index (χ3n) is 5.26. The molecule has 144 valence electrons. The van der Waals surface area contributed by atoms with E-state index in [1.54, 1.807) is 0 Å². The van der Waals surface area contributed by atoms with E-state index >= 15 is 0 Å². The van der Waals surface area contributed by atoms with E-state index in [1.165, 1.54) is 31.4 Å². The maximum atomic E-state index is 13.2. The number of hydrogen-bond acceptors (Lipinski definition) is 4. The fraction of sp³-hybridized carbons (Fsp3) is 0.350. The minimum atomic E-state index is -3.89. The van der Waals surface area contributed by atoms with Gasteiger partial charge in [0.05, 0.1) is 16.8 Å². The molecule has 1 saturated carbocycles. The molecule has 27 heavy (non-hydrogen) atoms. The van der Waals surface area contributed by atoms with Crippen LogP contribution in [0, 0.1) is 5.41 Å². The number of benzene rings is 2. The minimum absolute atomic E-state index is 0.0614. The smallest absolute Gasteiger partial charge is 0.314 e. The van der Waals surface area contributed by atoms with Crippen LogP contribution >= 0.6 is 11.6 Å². The summed E-state index contributed by atoms with van der Waals surface area (Å²) in [5.41, 5.74) is 0.277. The highest BCUT2D eigenvalue weighted by atomic mass is 35.5. The van der Waals surface area contributed by atoms with Crippen LogP contribution in [0.5, 0.6) is 0 Å². The normalized spacial score (nSPS) is 24.6. The minimum Gasteiger partial charge on any atom is -0.481 e. The summed E-state index contributed by atoms with van der Waals surface area (Å²) >= 11 is 5.86. The molecule has 0 aromatic heterocycles. The Morgan fingerprint density at radius 1 is 1.15 bits per heavy atom. The van der Waals surface area contributed by atoms with Gasteiger partial charge in [-0.25, -0.2) is 8.42 Å². The number of halogens is 1. The van der Waals surface area contributed by atoms with Crippen molar-refractivity contribution in [1.29, 1.82) is 0 Å². The lowest BCUT2D eigenvalue weighted by Crippen LogP contribution is -2.28. The standard InChI is InChI=1S/C20H21ClO5S/c1-3-13-4-6-14(7-5-13)17-18(20(17,12-26-2)19(22)23)27(24,25)16-10-8-15(21)9-11-16/h4-11,17-18H,3,12H2,1-2H3,(H,22,23)/t17-,18+,20+/m1/s1. The fourth-order valence-electron chi connectivity index (χ4n) is 3.79. The summed E-state index contributed by atoms with van der Waals surface area (Å²) in [4.78, 5) is 12.2. The summed E-state index contributed by atoms with van der Waals surface area (Å²) in [6, 6.07) is 13.2. The predicted molar refractivity (Wildman–Crippen MR) is 103 cm³/mol. The predicted octanol–water partition coefficient (Wildman–Crippen LogP) is 3.56. The summed E-state index contributed by atoms with van der Waals surface area (Å²) < 4.78 is 31.6. The SMILES string of the molecule is CCc1ccc([C@@H]2[C@H](S(=O)(=O)c3ccc(Cl)cc3)[C@@]2(COC)C(=O)O)cc1. The second-order valence-electron chi connectivity index (χ2n) is 6.77. The Hall–Kier alpha value is -1.89. The van der Waals surface area contributed by atoms with Gasteiger partial charge < -0.3 is 9.84 Å². The van der Waals surface area contributed by atoms with E-state index in [9.17, 15) is 18.3 Å². The topological polar surface area (TPSA) is 80.7 Å². The number of aryl methyl sites for hydroxylation is 1. The van der Waals surface area contributed by atoms with E-state index < -0.39 is 32.4 Å². The van der Waals surface area contributed by atoms with E-state index in [2.05, 4.69) is 0 Å². The van der Waals surface area contributed by atoms with Crippen molar-refractivity contribution in [2.24, 2.45) is 5.41 Å². The largest absolute Gasteiger partial charge is 0.481 e. The zero-order chi connectivity index (χ0) is 19.8. The average molecular weight is 409 g/mol. The number of rotatable bonds is 7. The molecule has 3 rings (SSSR count). The molecule has 0 saturated heterocycles. The number of carboxylic acids is 1. The number of sulfone groups is 1. The van der Waals surface area contributed by atoms with Crippen LogP contribution < -0.4 is 0 Å². The third kappa shape index (κ3) is 3.26. The first kappa shape index (κ1) is 19.9. The molecular weight excluding hydrogens is 388 g/mol. The van der Waals surface area contributed by atoms with Gasteiger partial charge in [-0.3, -0.25) is 4.79 Å². The van der Waals surface area contributed by atoms with Crippen LogP contribution in [0.4, 0.5) is 0 Å². The second-order valence-corrected chi connectivity index (χ2v) is 9.28. The van der Waals surface area contributed by atoms with Crippen molar-refractivity contribution in [2.75, 3.05) is 13.7 Å². The Bertz CT molecular complexity index is 937. The van der Waals surface area contributed by atoms with Gasteiger partial charge in [0.2, 0.25) is 0 Å². The highest BCUT2D eigenvalue weighted by Gasteiger charge is 2.76. The summed E-state index contributed by atoms with van der Waals surface area (Å²) in [6.07, 6.45) is 0.847. The van der Waals surface area contributed by atoms with Crippen molar-refractivity contribution in [2.45, 2.75) is 29.4 Å². The molecule has 0 radical (unpaired) electrons. The highest BCUT2D eigenvalue weighted by Crippen LogP contribution is 2.64. The van der Waals surface area contributed by atoms with Crippen LogP contribution in [0.3, 0.4) is 0 Å². The van der Waals surface area contributed by atoms with Crippen molar-refractivity contribution in [1.82, 2.24) is 0 Å². The number of ether oxygens (including phenoxy) is 1. The van der Waals surface area contributed by atoms with Gasteiger partial charge in [0.1, 0.15) is 5.41 Å². The van der Waals surface area contributed by atoms with Gasteiger partial charge in [-0.2, -0.15) is 0 Å². The van der Waals surface area contributed by atoms with E-state index in [0.717, 1.165) is 12.0 Å². The lowest BCUT2D eigenvalue weighted by atomic mass is 9.99. The Morgan fingerprint density at radius 3 is 2.22 bits per heavy atom. The van der Waals surface area contributed by atoms with Gasteiger partial charge in [-0.15, -0.1) is 0 Å². The van der Waals surface area contributed by atoms with Crippen LogP contribution in [0.15, 0.2) is 53.4 Å². The van der Waals surface area contributed by atoms with Crippen molar-refractivity contribution >= 4 is 27.4 Å². The molecule has 1 aliphatic rings. The Balaban J connectivity index is 2.09. The van der Waals surface area contributed by atoms with Crippen molar-refractivity contribution in [3.63, 3.8) is 0 Å². The Labute approximate surface area is 163 Å². The monoisotopic (exact) mass is 408 g/mol. The van der Waals surface area contributed by atoms with Crippen LogP contribution in [-0.4, -0.2) is 38.5 Å². The number of hydrogen-bond donors (Lipinski definition) is 1. The van der Waals surface area contributed by atoms with Crippen LogP contribution in [0.1, 0.15) is 24.0 Å². The molecule has 7 heteroatoms. The lowest BCUT2D eigenvalue weighted by molar-refractivity contribution is -0.145. The van der Waals surface area contributed by atoms with Crippen LogP contribution in [-0.2, 0) is 25.8 Å². The van der Waals surface area contributed by atoms with Gasteiger partial charge in [-0.1, -0.05) is 42.8 Å². The van der Waals surface area contributed by atoms with Crippen LogP contribution in [0.2, 0.25) is 5.02 Å². The molecule has 2 aromatic carbocycles. The first-order valence-electron chi connectivity index (χ1n) is 8.59. The first-order chi connectivity index (χ1) is 12.8. The molecule has 1 N–H and O–H groups in total. The molecule has 0 unspecified atom stereocenters. The number of carbonyl (C=O) groups is 1. The van der Waals surface area contributed by atoms with E-state index in [4.69, 9.17) is 16.3 Å². The molecule has 0 bridgehead atoms. The summed E-state index contributed by atoms with van der Waals surface area (Å²) in [6.45, 7) is 1.84. The highest BCUT2D eigenvalue weighted by molar-refractivity contribution is 7.92. The quantitative estimate of drug-likeness (QED) is 0.757. The van der Waals surface area contributed by atoms with Crippen molar-refractivity contribution < 1.29 is 23.1 Å². The van der Waals surface area contributed by atoms with E-state index in [0.29, 0.717) is 10.6 Å². The zero-order valence-corrected chi connectivity index (χ0v) is 16.6. The fourth-order valence-corrected chi connectivity index (χ4v) is 6.28. The first-order valence-corrected chi connectivity index (χ1v) is 10.5. The number of aliphatic carboxylic acids is 1. The van der Waals surface area contributed by atoms with E-state index in [1.807, 2.05) is 31.2 Å². The lowest BCUT2D eigenvalue weighted by Gasteiger charge is -2.12. The molecule has 1 aliphatic carbocycles. The molecule has 0 heterocycles. The molecule has 2 aromatic rings. The molecule has 5 nitrogen and oxygen atoms in total. The Morgan fingerprint density at radius 2 is 1.74 bits per heavy atom. The molecule has 3 atom stereocenters. The Kier molecular flexibility index (Phi) is 5.34. The number of carboxylic acid groups (broad SMARTS) is 1. The third-order valence-corrected chi connectivity index (χ3v) is 7.80. The molecule has 0 aliphatic heterocycles. The average Bonchev–Trinajstić information content (AvgIpc) is 3.33. The molecule has 0 spiro atoms.